The lowest BCUT2D eigenvalue weighted by Crippen LogP contribution is -2.45. The number of ketones is 1. The highest BCUT2D eigenvalue weighted by Gasteiger charge is 2.34. The average Bonchev–Trinajstić information content (AvgIpc) is 3.30. The molecule has 0 N–H and O–H groups in total. The number of thiophene rings is 1. The predicted molar refractivity (Wildman–Crippen MR) is 104 cm³/mol. The lowest BCUT2D eigenvalue weighted by atomic mass is 9.77. The SMILES string of the molecule is CC(=O)c1ccc(C(=O)N2CCC[C@](C)(Cc3ccc4c(c3)OCO4)C2)s1. The van der Waals surface area contributed by atoms with Gasteiger partial charge >= 0.3 is 0 Å². The summed E-state index contributed by atoms with van der Waals surface area (Å²) in [6.07, 6.45) is 2.95. The largest absolute Gasteiger partial charge is 0.454 e. The van der Waals surface area contributed by atoms with Gasteiger partial charge in [-0.3, -0.25) is 9.59 Å². The summed E-state index contributed by atoms with van der Waals surface area (Å²) in [6.45, 7) is 5.54. The van der Waals surface area contributed by atoms with E-state index in [0.717, 1.165) is 37.3 Å². The van der Waals surface area contributed by atoms with E-state index in [0.29, 0.717) is 16.3 Å². The fraction of sp³-hybridized carbons (Fsp3) is 0.429. The molecule has 27 heavy (non-hydrogen) atoms. The molecule has 3 heterocycles. The summed E-state index contributed by atoms with van der Waals surface area (Å²) in [5.74, 6) is 1.63. The fourth-order valence-electron chi connectivity index (χ4n) is 3.97. The molecule has 0 spiro atoms. The molecule has 1 saturated heterocycles. The molecule has 1 aromatic heterocycles. The molecule has 1 fully saturated rings. The van der Waals surface area contributed by atoms with Crippen LogP contribution in [0.2, 0.25) is 0 Å². The standard InChI is InChI=1S/C21H23NO4S/c1-14(23)18-6-7-19(27-18)20(24)22-9-3-8-21(2,12-22)11-15-4-5-16-17(10-15)26-13-25-16/h4-7,10H,3,8-9,11-13H2,1-2H3/t21-/m1/s1. The van der Waals surface area contributed by atoms with Gasteiger partial charge in [0.2, 0.25) is 6.79 Å². The summed E-state index contributed by atoms with van der Waals surface area (Å²) < 4.78 is 10.9. The number of likely N-dealkylation sites (tertiary alicyclic amines) is 1. The quantitative estimate of drug-likeness (QED) is 0.742. The molecule has 2 aromatic rings. The van der Waals surface area contributed by atoms with Gasteiger partial charge in [0.25, 0.3) is 5.91 Å². The van der Waals surface area contributed by atoms with Crippen molar-refractivity contribution in [2.75, 3.05) is 19.9 Å². The Bertz CT molecular complexity index is 890. The second kappa shape index (κ2) is 7.00. The summed E-state index contributed by atoms with van der Waals surface area (Å²) in [5.41, 5.74) is 1.22. The molecular formula is C21H23NO4S. The molecule has 0 radical (unpaired) electrons. The van der Waals surface area contributed by atoms with E-state index in [1.807, 2.05) is 17.0 Å². The van der Waals surface area contributed by atoms with Gasteiger partial charge in [-0.25, -0.2) is 0 Å². The van der Waals surface area contributed by atoms with Gasteiger partial charge in [0.15, 0.2) is 17.3 Å². The number of fused-ring (bicyclic) bond motifs is 1. The smallest absolute Gasteiger partial charge is 0.263 e. The number of rotatable bonds is 4. The van der Waals surface area contributed by atoms with Gasteiger partial charge in [-0.05, 0) is 61.4 Å². The van der Waals surface area contributed by atoms with Crippen molar-refractivity contribution in [2.24, 2.45) is 5.41 Å². The Morgan fingerprint density at radius 2 is 1.93 bits per heavy atom. The van der Waals surface area contributed by atoms with E-state index in [2.05, 4.69) is 13.0 Å². The molecule has 0 saturated carbocycles. The van der Waals surface area contributed by atoms with E-state index in [1.54, 1.807) is 12.1 Å². The van der Waals surface area contributed by atoms with Gasteiger partial charge < -0.3 is 14.4 Å². The summed E-state index contributed by atoms with van der Waals surface area (Å²) in [7, 11) is 0. The first kappa shape index (κ1) is 18.0. The molecule has 5 nitrogen and oxygen atoms in total. The molecule has 1 aromatic carbocycles. The Morgan fingerprint density at radius 1 is 1.15 bits per heavy atom. The molecule has 1 atom stereocenters. The predicted octanol–water partition coefficient (Wildman–Crippen LogP) is 4.16. The molecule has 4 rings (SSSR count). The lowest BCUT2D eigenvalue weighted by molar-refractivity contribution is 0.0555. The molecule has 6 heteroatoms. The second-order valence-electron chi connectivity index (χ2n) is 7.73. The van der Waals surface area contributed by atoms with E-state index in [1.165, 1.54) is 23.8 Å². The first-order chi connectivity index (χ1) is 12.9. The van der Waals surface area contributed by atoms with Crippen molar-refractivity contribution >= 4 is 23.0 Å². The van der Waals surface area contributed by atoms with Crippen LogP contribution in [0.1, 0.15) is 51.6 Å². The minimum atomic E-state index is 0.00495. The van der Waals surface area contributed by atoms with Gasteiger partial charge in [-0.15, -0.1) is 11.3 Å². The third-order valence-corrected chi connectivity index (χ3v) is 6.47. The number of hydrogen-bond acceptors (Lipinski definition) is 5. The van der Waals surface area contributed by atoms with Crippen LogP contribution in [0.3, 0.4) is 0 Å². The number of nitrogens with zero attached hydrogens (tertiary/aromatic N) is 1. The molecule has 142 valence electrons. The van der Waals surface area contributed by atoms with Crippen molar-refractivity contribution in [2.45, 2.75) is 33.1 Å². The van der Waals surface area contributed by atoms with Crippen LogP contribution >= 0.6 is 11.3 Å². The molecule has 0 bridgehead atoms. The average molecular weight is 385 g/mol. The summed E-state index contributed by atoms with van der Waals surface area (Å²) in [5, 5.41) is 0. The molecular weight excluding hydrogens is 362 g/mol. The Balaban J connectivity index is 1.47. The minimum Gasteiger partial charge on any atom is -0.454 e. The maximum Gasteiger partial charge on any atom is 0.263 e. The number of piperidine rings is 1. The van der Waals surface area contributed by atoms with Crippen LogP contribution < -0.4 is 9.47 Å². The zero-order valence-corrected chi connectivity index (χ0v) is 16.4. The van der Waals surface area contributed by atoms with Crippen molar-refractivity contribution in [3.05, 3.63) is 45.6 Å². The summed E-state index contributed by atoms with van der Waals surface area (Å²) >= 11 is 1.29. The van der Waals surface area contributed by atoms with Crippen molar-refractivity contribution in [1.29, 1.82) is 0 Å². The van der Waals surface area contributed by atoms with E-state index in [-0.39, 0.29) is 23.9 Å². The number of amides is 1. The van der Waals surface area contributed by atoms with Crippen LogP contribution in [0.4, 0.5) is 0 Å². The molecule has 0 aliphatic carbocycles. The number of hydrogen-bond donors (Lipinski definition) is 0. The zero-order chi connectivity index (χ0) is 19.0. The summed E-state index contributed by atoms with van der Waals surface area (Å²) in [6, 6.07) is 9.61. The number of Topliss-reactive ketones (excluding diaryl/α,β-unsaturated/α-hetero) is 1. The van der Waals surface area contributed by atoms with Crippen LogP contribution in [0.5, 0.6) is 11.5 Å². The minimum absolute atomic E-state index is 0.00495. The Hall–Kier alpha value is -2.34. The number of benzene rings is 1. The second-order valence-corrected chi connectivity index (χ2v) is 8.81. The monoisotopic (exact) mass is 385 g/mol. The maximum atomic E-state index is 12.9. The van der Waals surface area contributed by atoms with Crippen LogP contribution in [0.25, 0.3) is 0 Å². The van der Waals surface area contributed by atoms with Gasteiger partial charge in [0.1, 0.15) is 0 Å². The molecule has 2 aliphatic rings. The van der Waals surface area contributed by atoms with Crippen molar-refractivity contribution in [3.8, 4) is 11.5 Å². The van der Waals surface area contributed by atoms with E-state index >= 15 is 0 Å². The first-order valence-corrected chi connectivity index (χ1v) is 10.0. The van der Waals surface area contributed by atoms with E-state index in [4.69, 9.17) is 9.47 Å². The van der Waals surface area contributed by atoms with Crippen LogP contribution in [-0.4, -0.2) is 36.5 Å². The van der Waals surface area contributed by atoms with E-state index in [9.17, 15) is 9.59 Å². The summed E-state index contributed by atoms with van der Waals surface area (Å²) in [4.78, 5) is 27.6. The van der Waals surface area contributed by atoms with Crippen molar-refractivity contribution < 1.29 is 19.1 Å². The Morgan fingerprint density at radius 3 is 2.70 bits per heavy atom. The maximum absolute atomic E-state index is 12.9. The van der Waals surface area contributed by atoms with Crippen molar-refractivity contribution in [1.82, 2.24) is 4.90 Å². The van der Waals surface area contributed by atoms with Crippen LogP contribution in [0.15, 0.2) is 30.3 Å². The zero-order valence-electron chi connectivity index (χ0n) is 15.6. The normalized spacial score (nSPS) is 21.3. The highest BCUT2D eigenvalue weighted by molar-refractivity contribution is 7.15. The lowest BCUT2D eigenvalue weighted by Gasteiger charge is -2.40. The third kappa shape index (κ3) is 3.72. The molecule has 2 aliphatic heterocycles. The fourth-order valence-corrected chi connectivity index (χ4v) is 4.84. The van der Waals surface area contributed by atoms with Gasteiger partial charge in [0, 0.05) is 13.1 Å². The van der Waals surface area contributed by atoms with Gasteiger partial charge in [-0.2, -0.15) is 0 Å². The van der Waals surface area contributed by atoms with Crippen molar-refractivity contribution in [3.63, 3.8) is 0 Å². The topological polar surface area (TPSA) is 55.8 Å². The molecule has 0 unspecified atom stereocenters. The highest BCUT2D eigenvalue weighted by Crippen LogP contribution is 2.38. The number of carbonyl (C=O) groups excluding carboxylic acids is 2. The number of carbonyl (C=O) groups is 2. The van der Waals surface area contributed by atoms with Gasteiger partial charge in [0.05, 0.1) is 9.75 Å². The van der Waals surface area contributed by atoms with Gasteiger partial charge in [-0.1, -0.05) is 13.0 Å². The highest BCUT2D eigenvalue weighted by atomic mass is 32.1. The van der Waals surface area contributed by atoms with E-state index < -0.39 is 0 Å². The van der Waals surface area contributed by atoms with Crippen LogP contribution in [0, 0.1) is 5.41 Å². The Kier molecular flexibility index (Phi) is 4.68. The van der Waals surface area contributed by atoms with Crippen LogP contribution in [-0.2, 0) is 6.42 Å². The molecule has 1 amide bonds. The first-order valence-electron chi connectivity index (χ1n) is 9.22. The third-order valence-electron chi connectivity index (χ3n) is 5.30. The Labute approximate surface area is 162 Å². The number of ether oxygens (including phenoxy) is 2.